The molecule has 4 nitrogen and oxygen atoms in total. The van der Waals surface area contributed by atoms with Crippen molar-refractivity contribution < 1.29 is 17.9 Å². The van der Waals surface area contributed by atoms with E-state index >= 15 is 0 Å². The summed E-state index contributed by atoms with van der Waals surface area (Å²) in [4.78, 5) is 0. The average molecular weight is 416 g/mol. The molecule has 0 fully saturated rings. The van der Waals surface area contributed by atoms with Crippen LogP contribution in [0, 0.1) is 0 Å². The molecular weight excluding hydrogens is 400 g/mol. The monoisotopic (exact) mass is 414 g/mol. The molecule has 1 aromatic carbocycles. The van der Waals surface area contributed by atoms with Gasteiger partial charge in [-0.1, -0.05) is 15.9 Å². The van der Waals surface area contributed by atoms with Gasteiger partial charge in [-0.3, -0.25) is 0 Å². The van der Waals surface area contributed by atoms with E-state index < -0.39 is 9.84 Å². The summed E-state index contributed by atoms with van der Waals surface area (Å²) in [5.41, 5.74) is 1.05. The van der Waals surface area contributed by atoms with Gasteiger partial charge in [-0.25, -0.2) is 8.42 Å². The topological polar surface area (TPSA) is 52.6 Å². The Morgan fingerprint density at radius 1 is 1.26 bits per heavy atom. The van der Waals surface area contributed by atoms with Crippen LogP contribution in [-0.4, -0.2) is 33.6 Å². The smallest absolute Gasteiger partial charge is 0.175 e. The third kappa shape index (κ3) is 5.71. The second-order valence-electron chi connectivity index (χ2n) is 3.95. The standard InChI is InChI=1S/C12H16Br2O4S/c1-3-17-11-7-9(8-13)6-10(14)12(11)18-4-5-19(2,15)16/h6-7H,3-5,8H2,1-2H3. The molecule has 0 aliphatic rings. The highest BCUT2D eigenvalue weighted by atomic mass is 79.9. The van der Waals surface area contributed by atoms with Gasteiger partial charge in [0.15, 0.2) is 21.3 Å². The third-order valence-electron chi connectivity index (χ3n) is 2.22. The molecule has 1 aromatic rings. The van der Waals surface area contributed by atoms with Gasteiger partial charge < -0.3 is 9.47 Å². The zero-order valence-electron chi connectivity index (χ0n) is 10.8. The van der Waals surface area contributed by atoms with Crippen LogP contribution in [-0.2, 0) is 15.2 Å². The van der Waals surface area contributed by atoms with Crippen LogP contribution in [0.4, 0.5) is 0 Å². The molecule has 0 aliphatic heterocycles. The van der Waals surface area contributed by atoms with Crippen LogP contribution in [0.5, 0.6) is 11.5 Å². The molecule has 0 atom stereocenters. The average Bonchev–Trinajstić information content (AvgIpc) is 2.31. The van der Waals surface area contributed by atoms with Crippen LogP contribution < -0.4 is 9.47 Å². The SMILES string of the molecule is CCOc1cc(CBr)cc(Br)c1OCCS(C)(=O)=O. The number of alkyl halides is 1. The molecule has 1 rings (SSSR count). The number of benzene rings is 1. The van der Waals surface area contributed by atoms with E-state index in [1.165, 1.54) is 6.26 Å². The molecule has 19 heavy (non-hydrogen) atoms. The molecule has 0 spiro atoms. The van der Waals surface area contributed by atoms with Gasteiger partial charge in [0.2, 0.25) is 0 Å². The number of ether oxygens (including phenoxy) is 2. The van der Waals surface area contributed by atoms with Crippen LogP contribution >= 0.6 is 31.9 Å². The molecule has 0 saturated carbocycles. The number of hydrogen-bond donors (Lipinski definition) is 0. The minimum Gasteiger partial charge on any atom is -0.490 e. The van der Waals surface area contributed by atoms with Crippen molar-refractivity contribution in [3.05, 3.63) is 22.2 Å². The lowest BCUT2D eigenvalue weighted by Crippen LogP contribution is -2.13. The van der Waals surface area contributed by atoms with E-state index in [9.17, 15) is 8.42 Å². The highest BCUT2D eigenvalue weighted by molar-refractivity contribution is 9.10. The molecule has 0 N–H and O–H groups in total. The van der Waals surface area contributed by atoms with Crippen molar-refractivity contribution in [3.63, 3.8) is 0 Å². The predicted octanol–water partition coefficient (Wildman–Crippen LogP) is 3.17. The molecule has 0 aliphatic carbocycles. The summed E-state index contributed by atoms with van der Waals surface area (Å²) in [7, 11) is -3.03. The lowest BCUT2D eigenvalue weighted by molar-refractivity contribution is 0.286. The van der Waals surface area contributed by atoms with E-state index in [1.807, 2.05) is 19.1 Å². The second kappa shape index (κ2) is 7.50. The summed E-state index contributed by atoms with van der Waals surface area (Å²) in [6.45, 7) is 2.50. The van der Waals surface area contributed by atoms with Crippen molar-refractivity contribution in [3.8, 4) is 11.5 Å². The maximum atomic E-state index is 11.1. The van der Waals surface area contributed by atoms with Crippen molar-refractivity contribution in [1.29, 1.82) is 0 Å². The maximum absolute atomic E-state index is 11.1. The van der Waals surface area contributed by atoms with Gasteiger partial charge in [0.1, 0.15) is 6.61 Å². The molecule has 108 valence electrons. The van der Waals surface area contributed by atoms with E-state index in [-0.39, 0.29) is 12.4 Å². The highest BCUT2D eigenvalue weighted by Crippen LogP contribution is 2.37. The van der Waals surface area contributed by atoms with Crippen molar-refractivity contribution in [2.24, 2.45) is 0 Å². The number of halogens is 2. The second-order valence-corrected chi connectivity index (χ2v) is 7.62. The van der Waals surface area contributed by atoms with Crippen molar-refractivity contribution in [2.45, 2.75) is 12.3 Å². The van der Waals surface area contributed by atoms with Gasteiger partial charge in [-0.2, -0.15) is 0 Å². The van der Waals surface area contributed by atoms with Gasteiger partial charge in [-0.05, 0) is 40.5 Å². The quantitative estimate of drug-likeness (QED) is 0.641. The molecule has 0 radical (unpaired) electrons. The molecule has 0 heterocycles. The van der Waals surface area contributed by atoms with Gasteiger partial charge in [0.05, 0.1) is 16.8 Å². The first kappa shape index (κ1) is 16.8. The first-order valence-electron chi connectivity index (χ1n) is 5.69. The summed E-state index contributed by atoms with van der Waals surface area (Å²) in [5.74, 6) is 1.13. The van der Waals surface area contributed by atoms with Crippen LogP contribution in [0.1, 0.15) is 12.5 Å². The Hall–Kier alpha value is -0.270. The predicted molar refractivity (Wildman–Crippen MR) is 83.1 cm³/mol. The third-order valence-corrected chi connectivity index (χ3v) is 4.37. The number of hydrogen-bond acceptors (Lipinski definition) is 4. The van der Waals surface area contributed by atoms with E-state index in [1.54, 1.807) is 0 Å². The molecule has 0 aromatic heterocycles. The summed E-state index contributed by atoms with van der Waals surface area (Å²) < 4.78 is 34.0. The fourth-order valence-corrected chi connectivity index (χ4v) is 2.71. The Labute approximate surface area is 130 Å². The van der Waals surface area contributed by atoms with E-state index in [0.717, 1.165) is 10.0 Å². The first-order chi connectivity index (χ1) is 8.87. The van der Waals surface area contributed by atoms with Crippen LogP contribution in [0.15, 0.2) is 16.6 Å². The zero-order valence-corrected chi connectivity index (χ0v) is 14.8. The van der Waals surface area contributed by atoms with Crippen molar-refractivity contribution in [2.75, 3.05) is 25.2 Å². The summed E-state index contributed by atoms with van der Waals surface area (Å²) in [5, 5.41) is 0.704. The van der Waals surface area contributed by atoms with Gasteiger partial charge in [0.25, 0.3) is 0 Å². The molecule has 0 amide bonds. The highest BCUT2D eigenvalue weighted by Gasteiger charge is 2.13. The molecule has 7 heteroatoms. The van der Waals surface area contributed by atoms with Gasteiger partial charge >= 0.3 is 0 Å². The van der Waals surface area contributed by atoms with Crippen LogP contribution in [0.3, 0.4) is 0 Å². The number of sulfone groups is 1. The molecule has 0 saturated heterocycles. The van der Waals surface area contributed by atoms with E-state index in [4.69, 9.17) is 9.47 Å². The summed E-state index contributed by atoms with van der Waals surface area (Å²) in [6, 6.07) is 3.78. The molecular formula is C12H16Br2O4S. The Morgan fingerprint density at radius 2 is 1.95 bits per heavy atom. The lowest BCUT2D eigenvalue weighted by atomic mass is 10.2. The van der Waals surface area contributed by atoms with E-state index in [0.29, 0.717) is 23.4 Å². The van der Waals surface area contributed by atoms with Crippen molar-refractivity contribution in [1.82, 2.24) is 0 Å². The summed E-state index contributed by atoms with van der Waals surface area (Å²) >= 11 is 6.80. The Balaban J connectivity index is 2.91. The number of rotatable bonds is 7. The Morgan fingerprint density at radius 3 is 2.47 bits per heavy atom. The van der Waals surface area contributed by atoms with Gasteiger partial charge in [0, 0.05) is 11.6 Å². The van der Waals surface area contributed by atoms with Gasteiger partial charge in [-0.15, -0.1) is 0 Å². The minimum atomic E-state index is -3.03. The fraction of sp³-hybridized carbons (Fsp3) is 0.500. The lowest BCUT2D eigenvalue weighted by Gasteiger charge is -2.14. The van der Waals surface area contributed by atoms with Crippen LogP contribution in [0.25, 0.3) is 0 Å². The Kier molecular flexibility index (Phi) is 6.62. The normalized spacial score (nSPS) is 11.4. The van der Waals surface area contributed by atoms with E-state index in [2.05, 4.69) is 31.9 Å². The zero-order chi connectivity index (χ0) is 14.5. The molecule has 0 bridgehead atoms. The maximum Gasteiger partial charge on any atom is 0.175 e. The van der Waals surface area contributed by atoms with Crippen LogP contribution in [0.2, 0.25) is 0 Å². The minimum absolute atomic E-state index is 0.0226. The fourth-order valence-electron chi connectivity index (χ4n) is 1.40. The molecule has 0 unspecified atom stereocenters. The summed E-state index contributed by atoms with van der Waals surface area (Å²) in [6.07, 6.45) is 1.18. The largest absolute Gasteiger partial charge is 0.490 e. The first-order valence-corrected chi connectivity index (χ1v) is 9.66. The van der Waals surface area contributed by atoms with Crippen molar-refractivity contribution >= 4 is 41.7 Å². The Bertz CT molecular complexity index is 529.